The quantitative estimate of drug-likeness (QED) is 0.717. The van der Waals surface area contributed by atoms with Crippen LogP contribution in [0.2, 0.25) is 10.0 Å². The lowest BCUT2D eigenvalue weighted by atomic mass is 10.1. The lowest BCUT2D eigenvalue weighted by Crippen LogP contribution is -1.90. The Kier molecular flexibility index (Phi) is 3.34. The lowest BCUT2D eigenvalue weighted by Gasteiger charge is -1.98. The molecule has 0 saturated carbocycles. The summed E-state index contributed by atoms with van der Waals surface area (Å²) in [5.74, 6) is 0.797. The fourth-order valence-corrected chi connectivity index (χ4v) is 2.08. The van der Waals surface area contributed by atoms with Gasteiger partial charge in [-0.2, -0.15) is 4.98 Å². The average molecular weight is 306 g/mol. The number of nitrogens with two attached hydrogens (primary N) is 1. The largest absolute Gasteiger partial charge is 0.398 e. The van der Waals surface area contributed by atoms with Crippen LogP contribution in [0, 0.1) is 0 Å². The summed E-state index contributed by atoms with van der Waals surface area (Å²) in [5, 5.41) is 4.84. The Morgan fingerprint density at radius 1 is 1.00 bits per heavy atom. The van der Waals surface area contributed by atoms with Crippen LogP contribution in [-0.4, -0.2) is 10.1 Å². The molecule has 3 aromatic rings. The molecule has 0 atom stereocenters. The summed E-state index contributed by atoms with van der Waals surface area (Å²) in [7, 11) is 0. The van der Waals surface area contributed by atoms with Crippen LogP contribution in [0.4, 0.5) is 5.69 Å². The number of nitrogen functional groups attached to an aromatic ring is 1. The zero-order chi connectivity index (χ0) is 14.1. The number of halogens is 2. The molecule has 4 nitrogen and oxygen atoms in total. The number of benzene rings is 2. The molecule has 100 valence electrons. The van der Waals surface area contributed by atoms with Crippen LogP contribution in [0.15, 0.2) is 47.0 Å². The van der Waals surface area contributed by atoms with Crippen molar-refractivity contribution in [2.75, 3.05) is 5.73 Å². The molecule has 6 heteroatoms. The second-order valence-electron chi connectivity index (χ2n) is 4.14. The van der Waals surface area contributed by atoms with Gasteiger partial charge in [0.05, 0.1) is 10.0 Å². The van der Waals surface area contributed by atoms with E-state index in [-0.39, 0.29) is 0 Å². The molecule has 0 saturated heterocycles. The maximum Gasteiger partial charge on any atom is 0.258 e. The second kappa shape index (κ2) is 5.15. The molecule has 0 aliphatic carbocycles. The average Bonchev–Trinajstić information content (AvgIpc) is 2.92. The van der Waals surface area contributed by atoms with Gasteiger partial charge in [-0.3, -0.25) is 0 Å². The van der Waals surface area contributed by atoms with Crippen LogP contribution in [0.5, 0.6) is 0 Å². The van der Waals surface area contributed by atoms with E-state index >= 15 is 0 Å². The van der Waals surface area contributed by atoms with Crippen LogP contribution in [-0.2, 0) is 0 Å². The fourth-order valence-electron chi connectivity index (χ4n) is 1.78. The van der Waals surface area contributed by atoms with E-state index in [0.717, 1.165) is 5.56 Å². The fraction of sp³-hybridized carbons (Fsp3) is 0. The van der Waals surface area contributed by atoms with Crippen molar-refractivity contribution < 1.29 is 4.52 Å². The summed E-state index contributed by atoms with van der Waals surface area (Å²) in [6.45, 7) is 0. The van der Waals surface area contributed by atoms with Crippen molar-refractivity contribution >= 4 is 28.9 Å². The van der Waals surface area contributed by atoms with Gasteiger partial charge in [0.15, 0.2) is 0 Å². The number of rotatable bonds is 2. The molecule has 0 bridgehead atoms. The van der Waals surface area contributed by atoms with E-state index in [1.54, 1.807) is 24.3 Å². The molecular formula is C14H9Cl2N3O. The predicted octanol–water partition coefficient (Wildman–Crippen LogP) is 4.29. The molecule has 0 aliphatic heterocycles. The minimum absolute atomic E-state index is 0.363. The van der Waals surface area contributed by atoms with E-state index in [1.165, 1.54) is 0 Å². The summed E-state index contributed by atoms with van der Waals surface area (Å²) in [6, 6.07) is 12.4. The van der Waals surface area contributed by atoms with Crippen LogP contribution in [0.25, 0.3) is 22.8 Å². The van der Waals surface area contributed by atoms with Crippen molar-refractivity contribution in [2.45, 2.75) is 0 Å². The van der Waals surface area contributed by atoms with E-state index < -0.39 is 0 Å². The minimum atomic E-state index is 0.363. The van der Waals surface area contributed by atoms with E-state index in [0.29, 0.717) is 33.0 Å². The Hall–Kier alpha value is -2.04. The second-order valence-corrected chi connectivity index (χ2v) is 4.95. The molecule has 0 fully saturated rings. The summed E-state index contributed by atoms with van der Waals surface area (Å²) >= 11 is 11.8. The molecule has 0 spiro atoms. The maximum absolute atomic E-state index is 5.97. The standard InChI is InChI=1S/C14H9Cl2N3O/c15-10-6-5-8(7-11(10)16)14-18-13(19-20-14)9-3-1-2-4-12(9)17/h1-7H,17H2. The van der Waals surface area contributed by atoms with Crippen LogP contribution in [0.3, 0.4) is 0 Å². The van der Waals surface area contributed by atoms with Gasteiger partial charge in [0.2, 0.25) is 5.82 Å². The third-order valence-corrected chi connectivity index (χ3v) is 3.53. The highest BCUT2D eigenvalue weighted by Crippen LogP contribution is 2.29. The Morgan fingerprint density at radius 2 is 1.80 bits per heavy atom. The molecule has 2 N–H and O–H groups in total. The SMILES string of the molecule is Nc1ccccc1-c1noc(-c2ccc(Cl)c(Cl)c2)n1. The van der Waals surface area contributed by atoms with E-state index in [1.807, 2.05) is 18.2 Å². The van der Waals surface area contributed by atoms with Gasteiger partial charge in [0.25, 0.3) is 5.89 Å². The van der Waals surface area contributed by atoms with Gasteiger partial charge in [0, 0.05) is 16.8 Å². The zero-order valence-electron chi connectivity index (χ0n) is 10.2. The first kappa shape index (κ1) is 13.0. The van der Waals surface area contributed by atoms with Crippen LogP contribution >= 0.6 is 23.2 Å². The van der Waals surface area contributed by atoms with Crippen LogP contribution < -0.4 is 5.73 Å². The Labute approximate surface area is 125 Å². The first-order valence-corrected chi connectivity index (χ1v) is 6.55. The number of hydrogen-bond donors (Lipinski definition) is 1. The lowest BCUT2D eigenvalue weighted by molar-refractivity contribution is 0.432. The van der Waals surface area contributed by atoms with Crippen molar-refractivity contribution in [3.8, 4) is 22.8 Å². The smallest absolute Gasteiger partial charge is 0.258 e. The van der Waals surface area contributed by atoms with E-state index in [9.17, 15) is 0 Å². The highest BCUT2D eigenvalue weighted by molar-refractivity contribution is 6.42. The van der Waals surface area contributed by atoms with Crippen LogP contribution in [0.1, 0.15) is 0 Å². The molecule has 1 heterocycles. The Bertz CT molecular complexity index is 771. The van der Waals surface area contributed by atoms with Gasteiger partial charge in [-0.25, -0.2) is 0 Å². The number of anilines is 1. The van der Waals surface area contributed by atoms with Crippen molar-refractivity contribution in [1.29, 1.82) is 0 Å². The summed E-state index contributed by atoms with van der Waals surface area (Å²) < 4.78 is 5.24. The molecule has 3 rings (SSSR count). The summed E-state index contributed by atoms with van der Waals surface area (Å²) in [6.07, 6.45) is 0. The number of nitrogens with zero attached hydrogens (tertiary/aromatic N) is 2. The van der Waals surface area contributed by atoms with Gasteiger partial charge < -0.3 is 10.3 Å². The number of para-hydroxylation sites is 1. The first-order valence-electron chi connectivity index (χ1n) is 5.79. The third-order valence-electron chi connectivity index (χ3n) is 2.79. The Morgan fingerprint density at radius 3 is 2.55 bits per heavy atom. The molecule has 0 radical (unpaired) electrons. The van der Waals surface area contributed by atoms with Crippen molar-refractivity contribution in [1.82, 2.24) is 10.1 Å². The highest BCUT2D eigenvalue weighted by Gasteiger charge is 2.13. The molecule has 1 aromatic heterocycles. The minimum Gasteiger partial charge on any atom is -0.398 e. The van der Waals surface area contributed by atoms with E-state index in [4.69, 9.17) is 33.5 Å². The normalized spacial score (nSPS) is 10.7. The third kappa shape index (κ3) is 2.35. The molecule has 20 heavy (non-hydrogen) atoms. The van der Waals surface area contributed by atoms with Crippen molar-refractivity contribution in [3.63, 3.8) is 0 Å². The predicted molar refractivity (Wildman–Crippen MR) is 79.6 cm³/mol. The molecule has 0 amide bonds. The maximum atomic E-state index is 5.97. The monoisotopic (exact) mass is 305 g/mol. The molecule has 2 aromatic carbocycles. The van der Waals surface area contributed by atoms with Gasteiger partial charge in [-0.05, 0) is 30.3 Å². The first-order chi connectivity index (χ1) is 9.65. The molecule has 0 aliphatic rings. The zero-order valence-corrected chi connectivity index (χ0v) is 11.7. The van der Waals surface area contributed by atoms with Gasteiger partial charge in [0.1, 0.15) is 0 Å². The van der Waals surface area contributed by atoms with Crippen molar-refractivity contribution in [3.05, 3.63) is 52.5 Å². The number of hydrogen-bond acceptors (Lipinski definition) is 4. The highest BCUT2D eigenvalue weighted by atomic mass is 35.5. The van der Waals surface area contributed by atoms with Gasteiger partial charge in [-0.1, -0.05) is 40.5 Å². The summed E-state index contributed by atoms with van der Waals surface area (Å²) in [5.41, 5.74) is 7.90. The molecular weight excluding hydrogens is 297 g/mol. The van der Waals surface area contributed by atoms with Gasteiger partial charge in [-0.15, -0.1) is 0 Å². The van der Waals surface area contributed by atoms with Gasteiger partial charge >= 0.3 is 0 Å². The number of aromatic nitrogens is 2. The Balaban J connectivity index is 2.02. The topological polar surface area (TPSA) is 64.9 Å². The summed E-state index contributed by atoms with van der Waals surface area (Å²) in [4.78, 5) is 4.32. The van der Waals surface area contributed by atoms with Crippen molar-refractivity contribution in [2.24, 2.45) is 0 Å². The van der Waals surface area contributed by atoms with E-state index in [2.05, 4.69) is 10.1 Å². The molecule has 0 unspecified atom stereocenters.